The van der Waals surface area contributed by atoms with E-state index in [2.05, 4.69) is 0 Å². The highest BCUT2D eigenvalue weighted by molar-refractivity contribution is 5.46. The molecule has 2 N–H and O–H groups in total. The molecular formula is C15H16FNO2. The van der Waals surface area contributed by atoms with Gasteiger partial charge in [-0.1, -0.05) is 12.1 Å². The molecule has 0 fully saturated rings. The van der Waals surface area contributed by atoms with E-state index in [0.717, 1.165) is 11.3 Å². The van der Waals surface area contributed by atoms with Crippen molar-refractivity contribution in [2.45, 2.75) is 13.2 Å². The quantitative estimate of drug-likeness (QED) is 0.841. The zero-order chi connectivity index (χ0) is 13.7. The number of nitrogen functional groups attached to an aromatic ring is 1. The van der Waals surface area contributed by atoms with Gasteiger partial charge in [0.25, 0.3) is 0 Å². The Morgan fingerprint density at radius 2 is 1.79 bits per heavy atom. The molecule has 0 heterocycles. The number of hydrogen-bond acceptors (Lipinski definition) is 3. The minimum Gasteiger partial charge on any atom is -0.497 e. The van der Waals surface area contributed by atoms with Crippen LogP contribution in [0.25, 0.3) is 0 Å². The molecule has 100 valence electrons. The molecule has 19 heavy (non-hydrogen) atoms. The first kappa shape index (κ1) is 13.4. The highest BCUT2D eigenvalue weighted by atomic mass is 19.1. The summed E-state index contributed by atoms with van der Waals surface area (Å²) in [6, 6.07) is 11.9. The average molecular weight is 261 g/mol. The van der Waals surface area contributed by atoms with Crippen LogP contribution in [0.1, 0.15) is 11.1 Å². The van der Waals surface area contributed by atoms with E-state index in [1.54, 1.807) is 13.2 Å². The minimum atomic E-state index is -0.308. The van der Waals surface area contributed by atoms with Gasteiger partial charge in [-0.25, -0.2) is 4.39 Å². The average Bonchev–Trinajstić information content (AvgIpc) is 2.43. The summed E-state index contributed by atoms with van der Waals surface area (Å²) in [4.78, 5) is 0. The number of benzene rings is 2. The maximum atomic E-state index is 13.1. The molecule has 0 unspecified atom stereocenters. The van der Waals surface area contributed by atoms with Crippen LogP contribution in [0.3, 0.4) is 0 Å². The molecule has 0 spiro atoms. The van der Waals surface area contributed by atoms with Gasteiger partial charge in [0.1, 0.15) is 11.6 Å². The van der Waals surface area contributed by atoms with E-state index in [4.69, 9.17) is 15.2 Å². The summed E-state index contributed by atoms with van der Waals surface area (Å²) in [7, 11) is 1.62. The van der Waals surface area contributed by atoms with Crippen LogP contribution in [0.5, 0.6) is 5.75 Å². The van der Waals surface area contributed by atoms with Crippen molar-refractivity contribution in [3.63, 3.8) is 0 Å². The molecule has 0 amide bonds. The standard InChI is InChI=1S/C15H16FNO2/c1-18-14-5-2-11(3-6-14)9-19-10-12-8-13(16)4-7-15(12)17/h2-8H,9-10,17H2,1H3. The third kappa shape index (κ3) is 3.69. The molecular weight excluding hydrogens is 245 g/mol. The van der Waals surface area contributed by atoms with Crippen LogP contribution in [0.4, 0.5) is 10.1 Å². The first-order chi connectivity index (χ1) is 9.19. The molecule has 4 heteroatoms. The number of nitrogens with two attached hydrogens (primary N) is 1. The van der Waals surface area contributed by atoms with E-state index in [1.807, 2.05) is 24.3 Å². The Morgan fingerprint density at radius 1 is 1.05 bits per heavy atom. The van der Waals surface area contributed by atoms with Crippen LogP contribution in [0, 0.1) is 5.82 Å². The summed E-state index contributed by atoms with van der Waals surface area (Å²) in [5.74, 6) is 0.496. The minimum absolute atomic E-state index is 0.287. The third-order valence-corrected chi connectivity index (χ3v) is 2.79. The second kappa shape index (κ2) is 6.20. The maximum Gasteiger partial charge on any atom is 0.123 e. The topological polar surface area (TPSA) is 44.5 Å². The lowest BCUT2D eigenvalue weighted by Gasteiger charge is -2.08. The summed E-state index contributed by atoms with van der Waals surface area (Å²) < 4.78 is 23.7. The monoisotopic (exact) mass is 261 g/mol. The molecule has 0 radical (unpaired) electrons. The number of hydrogen-bond donors (Lipinski definition) is 1. The third-order valence-electron chi connectivity index (χ3n) is 2.79. The van der Waals surface area contributed by atoms with Crippen LogP contribution in [-0.2, 0) is 18.0 Å². The maximum absolute atomic E-state index is 13.1. The van der Waals surface area contributed by atoms with Crippen molar-refractivity contribution in [2.75, 3.05) is 12.8 Å². The van der Waals surface area contributed by atoms with Crippen molar-refractivity contribution in [3.05, 3.63) is 59.4 Å². The lowest BCUT2D eigenvalue weighted by molar-refractivity contribution is 0.107. The molecule has 2 aromatic rings. The fourth-order valence-electron chi connectivity index (χ4n) is 1.70. The molecule has 0 saturated carbocycles. The number of rotatable bonds is 5. The second-order valence-corrected chi connectivity index (χ2v) is 4.18. The lowest BCUT2D eigenvalue weighted by atomic mass is 10.2. The molecule has 0 bridgehead atoms. The summed E-state index contributed by atoms with van der Waals surface area (Å²) >= 11 is 0. The number of methoxy groups -OCH3 is 1. The van der Waals surface area contributed by atoms with Crippen LogP contribution >= 0.6 is 0 Å². The van der Waals surface area contributed by atoms with Crippen LogP contribution < -0.4 is 10.5 Å². The van der Waals surface area contributed by atoms with Gasteiger partial charge in [0, 0.05) is 11.3 Å². The molecule has 0 aromatic heterocycles. The summed E-state index contributed by atoms with van der Waals surface area (Å²) in [6.07, 6.45) is 0. The van der Waals surface area contributed by atoms with Crippen molar-refractivity contribution in [3.8, 4) is 5.75 Å². The fraction of sp³-hybridized carbons (Fsp3) is 0.200. The Balaban J connectivity index is 1.90. The Morgan fingerprint density at radius 3 is 2.47 bits per heavy atom. The second-order valence-electron chi connectivity index (χ2n) is 4.18. The van der Waals surface area contributed by atoms with Gasteiger partial charge in [-0.15, -0.1) is 0 Å². The Kier molecular flexibility index (Phi) is 4.36. The molecule has 0 aliphatic carbocycles. The van der Waals surface area contributed by atoms with Crippen LogP contribution in [-0.4, -0.2) is 7.11 Å². The van der Waals surface area contributed by atoms with Crippen molar-refractivity contribution in [1.29, 1.82) is 0 Å². The summed E-state index contributed by atoms with van der Waals surface area (Å²) in [5, 5.41) is 0. The van der Waals surface area contributed by atoms with Crippen molar-refractivity contribution in [1.82, 2.24) is 0 Å². The molecule has 0 atom stereocenters. The van der Waals surface area contributed by atoms with Gasteiger partial charge in [0.2, 0.25) is 0 Å². The largest absolute Gasteiger partial charge is 0.497 e. The predicted octanol–water partition coefficient (Wildman–Crippen LogP) is 3.13. The predicted molar refractivity (Wildman–Crippen MR) is 72.3 cm³/mol. The first-order valence-corrected chi connectivity index (χ1v) is 5.93. The molecule has 0 aliphatic rings. The van der Waals surface area contributed by atoms with Crippen molar-refractivity contribution < 1.29 is 13.9 Å². The normalized spacial score (nSPS) is 10.4. The smallest absolute Gasteiger partial charge is 0.123 e. The molecule has 2 aromatic carbocycles. The van der Waals surface area contributed by atoms with Crippen LogP contribution in [0.2, 0.25) is 0 Å². The van der Waals surface area contributed by atoms with E-state index in [-0.39, 0.29) is 12.4 Å². The van der Waals surface area contributed by atoms with E-state index >= 15 is 0 Å². The number of anilines is 1. The number of halogens is 1. The van der Waals surface area contributed by atoms with Gasteiger partial charge < -0.3 is 15.2 Å². The number of ether oxygens (including phenoxy) is 2. The molecule has 0 aliphatic heterocycles. The van der Waals surface area contributed by atoms with Gasteiger partial charge in [-0.3, -0.25) is 0 Å². The van der Waals surface area contributed by atoms with E-state index in [0.29, 0.717) is 17.9 Å². The molecule has 2 rings (SSSR count). The molecule has 0 saturated heterocycles. The van der Waals surface area contributed by atoms with Gasteiger partial charge in [0.15, 0.2) is 0 Å². The lowest BCUT2D eigenvalue weighted by Crippen LogP contribution is -1.99. The van der Waals surface area contributed by atoms with Crippen molar-refractivity contribution in [2.24, 2.45) is 0 Å². The highest BCUT2D eigenvalue weighted by Crippen LogP contribution is 2.16. The van der Waals surface area contributed by atoms with Crippen molar-refractivity contribution >= 4 is 5.69 Å². The Bertz CT molecular complexity index is 540. The van der Waals surface area contributed by atoms with E-state index < -0.39 is 0 Å². The summed E-state index contributed by atoms with van der Waals surface area (Å²) in [6.45, 7) is 0.732. The first-order valence-electron chi connectivity index (χ1n) is 5.93. The van der Waals surface area contributed by atoms with E-state index in [9.17, 15) is 4.39 Å². The van der Waals surface area contributed by atoms with Gasteiger partial charge in [0.05, 0.1) is 20.3 Å². The van der Waals surface area contributed by atoms with Gasteiger partial charge >= 0.3 is 0 Å². The van der Waals surface area contributed by atoms with Gasteiger partial charge in [-0.2, -0.15) is 0 Å². The Labute approximate surface area is 111 Å². The fourth-order valence-corrected chi connectivity index (χ4v) is 1.70. The highest BCUT2D eigenvalue weighted by Gasteiger charge is 2.02. The zero-order valence-electron chi connectivity index (χ0n) is 10.7. The SMILES string of the molecule is COc1ccc(COCc2cc(F)ccc2N)cc1. The Hall–Kier alpha value is -2.07. The summed E-state index contributed by atoms with van der Waals surface area (Å²) in [5.41, 5.74) is 7.97. The van der Waals surface area contributed by atoms with Gasteiger partial charge in [-0.05, 0) is 35.9 Å². The molecule has 3 nitrogen and oxygen atoms in total. The van der Waals surface area contributed by atoms with Crippen LogP contribution in [0.15, 0.2) is 42.5 Å². The zero-order valence-corrected chi connectivity index (χ0v) is 10.7. The van der Waals surface area contributed by atoms with E-state index in [1.165, 1.54) is 12.1 Å².